The first-order chi connectivity index (χ1) is 9.77. The molecular weight excluding hydrogens is 295 g/mol. The van der Waals surface area contributed by atoms with E-state index in [2.05, 4.69) is 0 Å². The first-order valence-corrected chi connectivity index (χ1v) is 5.69. The molecule has 1 amide bonds. The standard InChI is InChI=1S/C11H12F3N3O4/c12-7-4-9(17(20)21)6(3-8(7)15)11(19)16(1-2-18)5-10(13)14/h3-4,10,18H,1-2,5,15H2. The largest absolute Gasteiger partial charge is 0.396 e. The fourth-order valence-electron chi connectivity index (χ4n) is 1.64. The van der Waals surface area contributed by atoms with Gasteiger partial charge in [0.2, 0.25) is 0 Å². The van der Waals surface area contributed by atoms with Crippen molar-refractivity contribution in [2.24, 2.45) is 0 Å². The second-order valence-corrected chi connectivity index (χ2v) is 4.01. The Labute approximate surface area is 116 Å². The summed E-state index contributed by atoms with van der Waals surface area (Å²) in [6.07, 6.45) is -2.89. The average Bonchev–Trinajstić information content (AvgIpc) is 2.39. The SMILES string of the molecule is Nc1cc(C(=O)N(CCO)CC(F)F)c([N+](=O)[O-])cc1F. The van der Waals surface area contributed by atoms with Crippen molar-refractivity contribution < 1.29 is 28.0 Å². The molecule has 0 aromatic heterocycles. The molecule has 0 aliphatic carbocycles. The molecule has 1 aromatic rings. The second kappa shape index (κ2) is 6.88. The maximum Gasteiger partial charge on any atom is 0.285 e. The number of rotatable bonds is 6. The van der Waals surface area contributed by atoms with E-state index in [0.29, 0.717) is 17.0 Å². The van der Waals surface area contributed by atoms with Gasteiger partial charge in [-0.2, -0.15) is 0 Å². The smallest absolute Gasteiger partial charge is 0.285 e. The minimum absolute atomic E-state index is 0.446. The lowest BCUT2D eigenvalue weighted by molar-refractivity contribution is -0.385. The highest BCUT2D eigenvalue weighted by Gasteiger charge is 2.28. The van der Waals surface area contributed by atoms with Crippen LogP contribution in [0.1, 0.15) is 10.4 Å². The van der Waals surface area contributed by atoms with E-state index in [4.69, 9.17) is 10.8 Å². The Kier molecular flexibility index (Phi) is 5.47. The van der Waals surface area contributed by atoms with Crippen molar-refractivity contribution in [2.75, 3.05) is 25.4 Å². The molecule has 10 heteroatoms. The molecule has 0 fully saturated rings. The van der Waals surface area contributed by atoms with Gasteiger partial charge in [-0.1, -0.05) is 0 Å². The lowest BCUT2D eigenvalue weighted by Gasteiger charge is -2.21. The molecule has 0 aliphatic heterocycles. The Bertz CT molecular complexity index is 554. The van der Waals surface area contributed by atoms with Crippen molar-refractivity contribution in [3.63, 3.8) is 0 Å². The Morgan fingerprint density at radius 2 is 2.10 bits per heavy atom. The van der Waals surface area contributed by atoms with E-state index in [1.807, 2.05) is 0 Å². The number of nitrogens with two attached hydrogens (primary N) is 1. The minimum atomic E-state index is -2.89. The molecule has 0 bridgehead atoms. The summed E-state index contributed by atoms with van der Waals surface area (Å²) in [6.45, 7) is -2.08. The van der Waals surface area contributed by atoms with Crippen LogP contribution in [0.4, 0.5) is 24.5 Å². The van der Waals surface area contributed by atoms with Crippen molar-refractivity contribution in [1.29, 1.82) is 0 Å². The highest BCUT2D eigenvalue weighted by atomic mass is 19.3. The lowest BCUT2D eigenvalue weighted by atomic mass is 10.1. The van der Waals surface area contributed by atoms with Crippen LogP contribution in [-0.2, 0) is 0 Å². The zero-order chi connectivity index (χ0) is 16.2. The van der Waals surface area contributed by atoms with Crippen molar-refractivity contribution in [3.05, 3.63) is 33.6 Å². The van der Waals surface area contributed by atoms with Gasteiger partial charge in [-0.15, -0.1) is 0 Å². The number of carbonyl (C=O) groups excluding carboxylic acids is 1. The molecule has 0 radical (unpaired) electrons. The van der Waals surface area contributed by atoms with Crippen LogP contribution < -0.4 is 5.73 Å². The van der Waals surface area contributed by atoms with Crippen molar-refractivity contribution in [2.45, 2.75) is 6.43 Å². The maximum atomic E-state index is 13.2. The predicted octanol–water partition coefficient (Wildman–Crippen LogP) is 1.02. The monoisotopic (exact) mass is 307 g/mol. The summed E-state index contributed by atoms with van der Waals surface area (Å²) in [5, 5.41) is 19.6. The zero-order valence-electron chi connectivity index (χ0n) is 10.6. The van der Waals surface area contributed by atoms with E-state index < -0.39 is 59.7 Å². The molecule has 21 heavy (non-hydrogen) atoms. The second-order valence-electron chi connectivity index (χ2n) is 4.01. The normalized spacial score (nSPS) is 10.7. The molecule has 0 saturated carbocycles. The van der Waals surface area contributed by atoms with E-state index in [-0.39, 0.29) is 0 Å². The molecule has 3 N–H and O–H groups in total. The van der Waals surface area contributed by atoms with E-state index in [1.54, 1.807) is 0 Å². The summed E-state index contributed by atoms with van der Waals surface area (Å²) < 4.78 is 38.0. The highest BCUT2D eigenvalue weighted by Crippen LogP contribution is 2.25. The number of alkyl halides is 2. The number of nitro benzene ring substituents is 1. The number of benzene rings is 1. The Hall–Kier alpha value is -2.36. The number of amides is 1. The van der Waals surface area contributed by atoms with Gasteiger partial charge in [0, 0.05) is 6.54 Å². The van der Waals surface area contributed by atoms with Crippen LogP contribution in [0, 0.1) is 15.9 Å². The molecule has 0 aliphatic rings. The summed E-state index contributed by atoms with van der Waals surface area (Å²) in [5.41, 5.74) is 3.21. The first kappa shape index (κ1) is 16.7. The lowest BCUT2D eigenvalue weighted by Crippen LogP contribution is -2.37. The van der Waals surface area contributed by atoms with Crippen LogP contribution >= 0.6 is 0 Å². The highest BCUT2D eigenvalue weighted by molar-refractivity contribution is 5.99. The Balaban J connectivity index is 3.25. The molecule has 0 atom stereocenters. The van der Waals surface area contributed by atoms with Gasteiger partial charge < -0.3 is 15.7 Å². The van der Waals surface area contributed by atoms with E-state index in [1.165, 1.54) is 0 Å². The number of nitrogen functional groups attached to an aromatic ring is 1. The molecule has 1 rings (SSSR count). The number of carbonyl (C=O) groups is 1. The first-order valence-electron chi connectivity index (χ1n) is 5.69. The number of hydrogen-bond donors (Lipinski definition) is 2. The fourth-order valence-corrected chi connectivity index (χ4v) is 1.64. The third-order valence-electron chi connectivity index (χ3n) is 2.56. The van der Waals surface area contributed by atoms with E-state index >= 15 is 0 Å². The minimum Gasteiger partial charge on any atom is -0.396 e. The summed E-state index contributed by atoms with van der Waals surface area (Å²) in [7, 11) is 0. The van der Waals surface area contributed by atoms with Gasteiger partial charge in [0.05, 0.1) is 29.8 Å². The van der Waals surface area contributed by atoms with E-state index in [0.717, 1.165) is 0 Å². The van der Waals surface area contributed by atoms with Crippen LogP contribution in [0.25, 0.3) is 0 Å². The number of aliphatic hydroxyl groups is 1. The van der Waals surface area contributed by atoms with Gasteiger partial charge in [0.15, 0.2) is 5.82 Å². The van der Waals surface area contributed by atoms with Crippen LogP contribution in [0.15, 0.2) is 12.1 Å². The molecule has 0 saturated heterocycles. The van der Waals surface area contributed by atoms with Crippen LogP contribution in [-0.4, -0.2) is 47.0 Å². The Morgan fingerprint density at radius 1 is 1.48 bits per heavy atom. The van der Waals surface area contributed by atoms with Gasteiger partial charge in [-0.25, -0.2) is 13.2 Å². The quantitative estimate of drug-likeness (QED) is 0.463. The molecule has 7 nitrogen and oxygen atoms in total. The van der Waals surface area contributed by atoms with Gasteiger partial charge in [0.1, 0.15) is 5.56 Å². The molecular formula is C11H12F3N3O4. The molecule has 1 aromatic carbocycles. The third kappa shape index (κ3) is 4.05. The van der Waals surface area contributed by atoms with Gasteiger partial charge >= 0.3 is 0 Å². The van der Waals surface area contributed by atoms with Crippen LogP contribution in [0.5, 0.6) is 0 Å². The maximum absolute atomic E-state index is 13.2. The molecule has 116 valence electrons. The number of nitrogens with zero attached hydrogens (tertiary/aromatic N) is 2. The van der Waals surface area contributed by atoms with Gasteiger partial charge in [-0.05, 0) is 6.07 Å². The number of nitro groups is 1. The number of hydrogen-bond acceptors (Lipinski definition) is 5. The van der Waals surface area contributed by atoms with Crippen LogP contribution in [0.2, 0.25) is 0 Å². The third-order valence-corrected chi connectivity index (χ3v) is 2.56. The van der Waals surface area contributed by atoms with Crippen molar-refractivity contribution >= 4 is 17.3 Å². The summed E-state index contributed by atoms with van der Waals surface area (Å²) in [6, 6.07) is 1.16. The summed E-state index contributed by atoms with van der Waals surface area (Å²) >= 11 is 0. The topological polar surface area (TPSA) is 110 Å². The number of anilines is 1. The Morgan fingerprint density at radius 3 is 2.57 bits per heavy atom. The predicted molar refractivity (Wildman–Crippen MR) is 66.5 cm³/mol. The number of halogens is 3. The number of aliphatic hydroxyl groups excluding tert-OH is 1. The molecule has 0 heterocycles. The van der Waals surface area contributed by atoms with Crippen LogP contribution in [0.3, 0.4) is 0 Å². The zero-order valence-corrected chi connectivity index (χ0v) is 10.6. The summed E-state index contributed by atoms with van der Waals surface area (Å²) in [4.78, 5) is 22.4. The average molecular weight is 307 g/mol. The molecule has 0 spiro atoms. The van der Waals surface area contributed by atoms with E-state index in [9.17, 15) is 28.1 Å². The fraction of sp³-hybridized carbons (Fsp3) is 0.364. The van der Waals surface area contributed by atoms with Gasteiger partial charge in [-0.3, -0.25) is 14.9 Å². The van der Waals surface area contributed by atoms with Gasteiger partial charge in [0.25, 0.3) is 18.0 Å². The van der Waals surface area contributed by atoms with Crippen molar-refractivity contribution in [1.82, 2.24) is 4.90 Å². The summed E-state index contributed by atoms with van der Waals surface area (Å²) in [5.74, 6) is -2.23. The van der Waals surface area contributed by atoms with Crippen molar-refractivity contribution in [3.8, 4) is 0 Å². The molecule has 0 unspecified atom stereocenters.